The summed E-state index contributed by atoms with van der Waals surface area (Å²) in [6.45, 7) is 6.42. The molecule has 0 aliphatic carbocycles. The van der Waals surface area contributed by atoms with Gasteiger partial charge in [0.05, 0.1) is 11.1 Å². The van der Waals surface area contributed by atoms with Crippen LogP contribution in [0.25, 0.3) is 10.9 Å². The smallest absolute Gasteiger partial charge is 0.330 e. The molecule has 0 atom stereocenters. The molecule has 1 heterocycles. The Bertz CT molecular complexity index is 660. The highest BCUT2D eigenvalue weighted by Crippen LogP contribution is 2.32. The van der Waals surface area contributed by atoms with Gasteiger partial charge < -0.3 is 5.73 Å². The minimum absolute atomic E-state index is 0.0843. The molecule has 0 saturated heterocycles. The largest absolute Gasteiger partial charge is 0.416 e. The predicted octanol–water partition coefficient (Wildman–Crippen LogP) is 4.09. The molecule has 0 fully saturated rings. The van der Waals surface area contributed by atoms with Crippen molar-refractivity contribution in [2.75, 3.05) is 6.54 Å². The summed E-state index contributed by atoms with van der Waals surface area (Å²) >= 11 is 0. The number of nitrogens with zero attached hydrogens (tertiary/aromatic N) is 1. The lowest BCUT2D eigenvalue weighted by Crippen LogP contribution is -2.26. The van der Waals surface area contributed by atoms with Crippen LogP contribution in [-0.2, 0) is 12.6 Å². The number of rotatable bonds is 3. The van der Waals surface area contributed by atoms with E-state index in [1.54, 1.807) is 0 Å². The molecule has 1 aromatic carbocycles. The molecular weight excluding hydrogens is 277 g/mol. The minimum atomic E-state index is -4.33. The van der Waals surface area contributed by atoms with Crippen LogP contribution >= 0.6 is 0 Å². The molecule has 114 valence electrons. The Morgan fingerprint density at radius 3 is 2.38 bits per heavy atom. The Labute approximate surface area is 122 Å². The van der Waals surface area contributed by atoms with Gasteiger partial charge in [-0.1, -0.05) is 13.8 Å². The van der Waals surface area contributed by atoms with Crippen LogP contribution in [0, 0.1) is 12.3 Å². The number of aryl methyl sites for hydroxylation is 1. The summed E-state index contributed by atoms with van der Waals surface area (Å²) < 4.78 is 38.3. The van der Waals surface area contributed by atoms with E-state index in [0.29, 0.717) is 23.9 Å². The summed E-state index contributed by atoms with van der Waals surface area (Å²) in [5.41, 5.74) is 7.24. The van der Waals surface area contributed by atoms with Gasteiger partial charge in [-0.3, -0.25) is 4.98 Å². The van der Waals surface area contributed by atoms with Crippen molar-refractivity contribution < 1.29 is 13.2 Å². The fourth-order valence-electron chi connectivity index (χ4n) is 2.29. The summed E-state index contributed by atoms with van der Waals surface area (Å²) in [6.07, 6.45) is -3.64. The molecule has 0 aliphatic rings. The molecule has 21 heavy (non-hydrogen) atoms. The number of alkyl halides is 3. The zero-order valence-electron chi connectivity index (χ0n) is 12.4. The number of nitrogens with two attached hydrogens (primary N) is 1. The third kappa shape index (κ3) is 3.53. The third-order valence-corrected chi connectivity index (χ3v) is 3.61. The molecule has 0 unspecified atom stereocenters. The van der Waals surface area contributed by atoms with Gasteiger partial charge >= 0.3 is 6.18 Å². The fraction of sp³-hybridized carbons (Fsp3) is 0.438. The summed E-state index contributed by atoms with van der Waals surface area (Å²) in [5, 5.41) is 0.541. The summed E-state index contributed by atoms with van der Waals surface area (Å²) in [7, 11) is 0. The van der Waals surface area contributed by atoms with Crippen LogP contribution in [0.15, 0.2) is 24.3 Å². The maximum Gasteiger partial charge on any atom is 0.416 e. The Kier molecular flexibility index (Phi) is 3.97. The van der Waals surface area contributed by atoms with Crippen molar-refractivity contribution in [2.24, 2.45) is 11.1 Å². The van der Waals surface area contributed by atoms with Gasteiger partial charge in [0.2, 0.25) is 0 Å². The van der Waals surface area contributed by atoms with Crippen LogP contribution in [-0.4, -0.2) is 11.5 Å². The molecule has 2 aromatic rings. The molecule has 2 N–H and O–H groups in total. The SMILES string of the molecule is Cc1cc(CC(C)(C)CN)nc2ccc(C(F)(F)F)cc12. The standard InChI is InChI=1S/C16H19F3N2/c1-10-6-12(8-15(2,3)9-20)21-14-5-4-11(7-13(10)14)16(17,18)19/h4-7H,8-9,20H2,1-3H3. The molecule has 2 rings (SSSR count). The average Bonchev–Trinajstić information content (AvgIpc) is 2.36. The van der Waals surface area contributed by atoms with Crippen molar-refractivity contribution in [2.45, 2.75) is 33.4 Å². The average molecular weight is 296 g/mol. The van der Waals surface area contributed by atoms with E-state index in [4.69, 9.17) is 5.73 Å². The molecule has 0 amide bonds. The van der Waals surface area contributed by atoms with Crippen molar-refractivity contribution in [3.05, 3.63) is 41.1 Å². The van der Waals surface area contributed by atoms with Crippen LogP contribution in [0.5, 0.6) is 0 Å². The number of fused-ring (bicyclic) bond motifs is 1. The van der Waals surface area contributed by atoms with Crippen LogP contribution in [0.1, 0.15) is 30.7 Å². The number of hydrogen-bond acceptors (Lipinski definition) is 2. The normalized spacial score (nSPS) is 12.9. The van der Waals surface area contributed by atoms with Crippen LogP contribution in [0.4, 0.5) is 13.2 Å². The summed E-state index contributed by atoms with van der Waals surface area (Å²) in [4.78, 5) is 4.47. The van der Waals surface area contributed by atoms with Gasteiger partial charge in [-0.25, -0.2) is 0 Å². The van der Waals surface area contributed by atoms with Crippen LogP contribution < -0.4 is 5.73 Å². The molecule has 5 heteroatoms. The Morgan fingerprint density at radius 2 is 1.81 bits per heavy atom. The highest BCUT2D eigenvalue weighted by Gasteiger charge is 2.30. The van der Waals surface area contributed by atoms with E-state index in [1.807, 2.05) is 26.8 Å². The van der Waals surface area contributed by atoms with E-state index in [9.17, 15) is 13.2 Å². The first-order valence-electron chi connectivity index (χ1n) is 6.80. The first kappa shape index (κ1) is 15.8. The molecule has 2 nitrogen and oxygen atoms in total. The Balaban J connectivity index is 2.48. The lowest BCUT2D eigenvalue weighted by molar-refractivity contribution is -0.137. The molecular formula is C16H19F3N2. The number of halogens is 3. The van der Waals surface area contributed by atoms with Crippen molar-refractivity contribution in [1.29, 1.82) is 0 Å². The van der Waals surface area contributed by atoms with E-state index in [2.05, 4.69) is 4.98 Å². The molecule has 0 aliphatic heterocycles. The van der Waals surface area contributed by atoms with E-state index < -0.39 is 11.7 Å². The third-order valence-electron chi connectivity index (χ3n) is 3.61. The molecule has 0 saturated carbocycles. The van der Waals surface area contributed by atoms with Gasteiger partial charge in [-0.15, -0.1) is 0 Å². The first-order valence-corrected chi connectivity index (χ1v) is 6.80. The number of pyridine rings is 1. The zero-order valence-corrected chi connectivity index (χ0v) is 12.4. The van der Waals surface area contributed by atoms with Gasteiger partial charge in [-0.2, -0.15) is 13.2 Å². The maximum absolute atomic E-state index is 12.8. The number of aromatic nitrogens is 1. The molecule has 1 aromatic heterocycles. The van der Waals surface area contributed by atoms with Crippen LogP contribution in [0.3, 0.4) is 0 Å². The predicted molar refractivity (Wildman–Crippen MR) is 78.0 cm³/mol. The number of hydrogen-bond donors (Lipinski definition) is 1. The topological polar surface area (TPSA) is 38.9 Å². The van der Waals surface area contributed by atoms with Gasteiger partial charge in [0.15, 0.2) is 0 Å². The molecule has 0 spiro atoms. The molecule has 0 bridgehead atoms. The van der Waals surface area contributed by atoms with Crippen LogP contribution in [0.2, 0.25) is 0 Å². The van der Waals surface area contributed by atoms with Gasteiger partial charge in [-0.05, 0) is 55.1 Å². The fourth-order valence-corrected chi connectivity index (χ4v) is 2.29. The van der Waals surface area contributed by atoms with Gasteiger partial charge in [0.25, 0.3) is 0 Å². The Morgan fingerprint density at radius 1 is 1.14 bits per heavy atom. The van der Waals surface area contributed by atoms with Gasteiger partial charge in [0.1, 0.15) is 0 Å². The molecule has 0 radical (unpaired) electrons. The van der Waals surface area contributed by atoms with E-state index in [-0.39, 0.29) is 5.41 Å². The highest BCUT2D eigenvalue weighted by molar-refractivity contribution is 5.83. The van der Waals surface area contributed by atoms with Crippen molar-refractivity contribution in [3.8, 4) is 0 Å². The Hall–Kier alpha value is -1.62. The first-order chi connectivity index (χ1) is 9.62. The highest BCUT2D eigenvalue weighted by atomic mass is 19.4. The van der Waals surface area contributed by atoms with E-state index in [1.165, 1.54) is 6.07 Å². The lowest BCUT2D eigenvalue weighted by atomic mass is 9.87. The summed E-state index contributed by atoms with van der Waals surface area (Å²) in [5.74, 6) is 0. The second-order valence-corrected chi connectivity index (χ2v) is 6.21. The summed E-state index contributed by atoms with van der Waals surface area (Å²) in [6, 6.07) is 5.52. The van der Waals surface area contributed by atoms with Gasteiger partial charge in [0, 0.05) is 11.1 Å². The number of benzene rings is 1. The second kappa shape index (κ2) is 5.30. The van der Waals surface area contributed by atoms with Crippen molar-refractivity contribution in [1.82, 2.24) is 4.98 Å². The second-order valence-electron chi connectivity index (χ2n) is 6.21. The lowest BCUT2D eigenvalue weighted by Gasteiger charge is -2.22. The zero-order chi connectivity index (χ0) is 15.8. The minimum Gasteiger partial charge on any atom is -0.330 e. The quantitative estimate of drug-likeness (QED) is 0.926. The monoisotopic (exact) mass is 296 g/mol. The van der Waals surface area contributed by atoms with Crippen molar-refractivity contribution >= 4 is 10.9 Å². The van der Waals surface area contributed by atoms with Crippen molar-refractivity contribution in [3.63, 3.8) is 0 Å². The van der Waals surface area contributed by atoms with E-state index in [0.717, 1.165) is 23.4 Å². The van der Waals surface area contributed by atoms with E-state index >= 15 is 0 Å². The maximum atomic E-state index is 12.8.